The summed E-state index contributed by atoms with van der Waals surface area (Å²) in [6, 6.07) is 20.4. The van der Waals surface area contributed by atoms with Crippen LogP contribution in [0.2, 0.25) is 0 Å². The predicted molar refractivity (Wildman–Crippen MR) is 105 cm³/mol. The Morgan fingerprint density at radius 3 is 2.29 bits per heavy atom. The van der Waals surface area contributed by atoms with Gasteiger partial charge in [-0.1, -0.05) is 48.5 Å². The third kappa shape index (κ3) is 3.25. The number of amides is 2. The maximum absolute atomic E-state index is 12.9. The standard InChI is InChI=1S/C22H15NO4S/c24-20(25)13-23-21(26)17-9-5-4-8-16(17)18(22(23)27)12-15-10-11-19(28-15)14-6-2-1-3-7-14/h1-12H,13H2,(H,24,25)/p-1. The summed E-state index contributed by atoms with van der Waals surface area (Å²) < 4.78 is 0. The van der Waals surface area contributed by atoms with Gasteiger partial charge in [0.2, 0.25) is 0 Å². The highest BCUT2D eigenvalue weighted by molar-refractivity contribution is 7.16. The molecule has 0 aliphatic carbocycles. The minimum Gasteiger partial charge on any atom is -0.548 e. The number of carboxylic acids is 1. The minimum atomic E-state index is -1.48. The summed E-state index contributed by atoms with van der Waals surface area (Å²) >= 11 is 1.51. The van der Waals surface area contributed by atoms with Crippen molar-refractivity contribution in [3.05, 3.63) is 82.7 Å². The number of benzene rings is 2. The molecule has 1 aromatic heterocycles. The van der Waals surface area contributed by atoms with Crippen molar-refractivity contribution < 1.29 is 19.5 Å². The van der Waals surface area contributed by atoms with Gasteiger partial charge in [0.05, 0.1) is 12.5 Å². The van der Waals surface area contributed by atoms with Gasteiger partial charge in [0.1, 0.15) is 0 Å². The fourth-order valence-corrected chi connectivity index (χ4v) is 4.10. The van der Waals surface area contributed by atoms with E-state index in [9.17, 15) is 19.5 Å². The molecule has 0 N–H and O–H groups in total. The van der Waals surface area contributed by atoms with E-state index in [0.717, 1.165) is 20.2 Å². The molecular weight excluding hydrogens is 374 g/mol. The van der Waals surface area contributed by atoms with Crippen molar-refractivity contribution in [1.82, 2.24) is 4.90 Å². The molecule has 5 nitrogen and oxygen atoms in total. The molecule has 6 heteroatoms. The van der Waals surface area contributed by atoms with Crippen molar-refractivity contribution in [2.45, 2.75) is 0 Å². The Kier molecular flexibility index (Phi) is 4.63. The molecule has 1 aliphatic heterocycles. The summed E-state index contributed by atoms with van der Waals surface area (Å²) in [5, 5.41) is 11.0. The van der Waals surface area contributed by atoms with Crippen LogP contribution in [0.15, 0.2) is 66.7 Å². The number of nitrogens with zero attached hydrogens (tertiary/aromatic N) is 1. The molecule has 2 aromatic carbocycles. The second-order valence-corrected chi connectivity index (χ2v) is 7.36. The van der Waals surface area contributed by atoms with Crippen LogP contribution in [-0.4, -0.2) is 29.2 Å². The molecule has 2 heterocycles. The van der Waals surface area contributed by atoms with E-state index in [1.807, 2.05) is 42.5 Å². The number of hydrogen-bond donors (Lipinski definition) is 0. The van der Waals surface area contributed by atoms with Crippen LogP contribution in [0.4, 0.5) is 0 Å². The summed E-state index contributed by atoms with van der Waals surface area (Å²) in [5.74, 6) is -2.75. The van der Waals surface area contributed by atoms with Crippen molar-refractivity contribution in [1.29, 1.82) is 0 Å². The zero-order valence-corrected chi connectivity index (χ0v) is 15.4. The Morgan fingerprint density at radius 2 is 1.57 bits per heavy atom. The fraction of sp³-hybridized carbons (Fsp3) is 0.0455. The van der Waals surface area contributed by atoms with Gasteiger partial charge in [0.25, 0.3) is 11.8 Å². The lowest BCUT2D eigenvalue weighted by Crippen LogP contribution is -2.47. The van der Waals surface area contributed by atoms with Gasteiger partial charge in [-0.05, 0) is 35.4 Å². The molecule has 0 bridgehead atoms. The van der Waals surface area contributed by atoms with Crippen LogP contribution in [0.5, 0.6) is 0 Å². The summed E-state index contributed by atoms with van der Waals surface area (Å²) in [5.41, 5.74) is 2.16. The molecule has 2 amide bonds. The highest BCUT2D eigenvalue weighted by Crippen LogP contribution is 2.34. The Labute approximate surface area is 165 Å². The van der Waals surface area contributed by atoms with Crippen LogP contribution in [0, 0.1) is 0 Å². The van der Waals surface area contributed by atoms with Crippen molar-refractivity contribution in [3.8, 4) is 10.4 Å². The zero-order chi connectivity index (χ0) is 19.7. The molecule has 0 saturated carbocycles. The Hall–Kier alpha value is -3.51. The smallest absolute Gasteiger partial charge is 0.261 e. The second-order valence-electron chi connectivity index (χ2n) is 6.24. The van der Waals surface area contributed by atoms with Gasteiger partial charge in [0.15, 0.2) is 0 Å². The monoisotopic (exact) mass is 388 g/mol. The first kappa shape index (κ1) is 17.9. The zero-order valence-electron chi connectivity index (χ0n) is 14.6. The topological polar surface area (TPSA) is 77.5 Å². The van der Waals surface area contributed by atoms with Crippen LogP contribution < -0.4 is 5.11 Å². The molecule has 28 heavy (non-hydrogen) atoms. The lowest BCUT2D eigenvalue weighted by molar-refractivity contribution is -0.305. The van der Waals surface area contributed by atoms with Gasteiger partial charge < -0.3 is 9.90 Å². The molecular formula is C22H14NO4S-. The number of imide groups is 1. The first-order valence-electron chi connectivity index (χ1n) is 8.57. The van der Waals surface area contributed by atoms with E-state index in [1.165, 1.54) is 11.3 Å². The highest BCUT2D eigenvalue weighted by Gasteiger charge is 2.34. The Bertz CT molecular complexity index is 1110. The fourth-order valence-electron chi connectivity index (χ4n) is 3.15. The lowest BCUT2D eigenvalue weighted by atomic mass is 9.93. The first-order chi connectivity index (χ1) is 13.5. The average Bonchev–Trinajstić information content (AvgIpc) is 3.18. The van der Waals surface area contributed by atoms with Gasteiger partial charge in [-0.3, -0.25) is 14.5 Å². The first-order valence-corrected chi connectivity index (χ1v) is 9.38. The molecule has 0 unspecified atom stereocenters. The van der Waals surface area contributed by atoms with Gasteiger partial charge in [-0.15, -0.1) is 11.3 Å². The molecule has 0 radical (unpaired) electrons. The Balaban J connectivity index is 1.78. The number of carbonyl (C=O) groups is 3. The van der Waals surface area contributed by atoms with Crippen molar-refractivity contribution in [3.63, 3.8) is 0 Å². The maximum Gasteiger partial charge on any atom is 0.261 e. The van der Waals surface area contributed by atoms with Gasteiger partial charge in [-0.2, -0.15) is 0 Å². The molecule has 0 fully saturated rings. The number of fused-ring (bicyclic) bond motifs is 1. The van der Waals surface area contributed by atoms with Crippen LogP contribution in [0.25, 0.3) is 22.1 Å². The van der Waals surface area contributed by atoms with E-state index in [0.29, 0.717) is 11.1 Å². The van der Waals surface area contributed by atoms with E-state index in [4.69, 9.17) is 0 Å². The van der Waals surface area contributed by atoms with E-state index in [2.05, 4.69) is 0 Å². The molecule has 0 atom stereocenters. The number of aliphatic carboxylic acids is 1. The molecule has 0 saturated heterocycles. The SMILES string of the molecule is O=C([O-])CN1C(=O)C(=Cc2ccc(-c3ccccc3)s2)c2ccccc2C1=O. The summed E-state index contributed by atoms with van der Waals surface area (Å²) in [7, 11) is 0. The molecule has 3 aromatic rings. The predicted octanol–water partition coefficient (Wildman–Crippen LogP) is 2.69. The minimum absolute atomic E-state index is 0.290. The molecule has 4 rings (SSSR count). The lowest BCUT2D eigenvalue weighted by Gasteiger charge is -2.28. The number of carboxylic acid groups (broad SMARTS) is 1. The quantitative estimate of drug-likeness (QED) is 0.509. The Morgan fingerprint density at radius 1 is 0.893 bits per heavy atom. The number of thiophene rings is 1. The third-order valence-electron chi connectivity index (χ3n) is 4.43. The normalized spacial score (nSPS) is 15.0. The van der Waals surface area contributed by atoms with Crippen molar-refractivity contribution in [2.75, 3.05) is 6.54 Å². The molecule has 1 aliphatic rings. The highest BCUT2D eigenvalue weighted by atomic mass is 32.1. The van der Waals surface area contributed by atoms with Crippen molar-refractivity contribution >= 4 is 40.8 Å². The summed E-state index contributed by atoms with van der Waals surface area (Å²) in [6.07, 6.45) is 1.70. The summed E-state index contributed by atoms with van der Waals surface area (Å²) in [4.78, 5) is 39.0. The van der Waals surface area contributed by atoms with E-state index in [1.54, 1.807) is 30.3 Å². The van der Waals surface area contributed by atoms with Crippen LogP contribution in [0.3, 0.4) is 0 Å². The van der Waals surface area contributed by atoms with Gasteiger partial charge in [0, 0.05) is 20.9 Å². The number of carbonyl (C=O) groups excluding carboxylic acids is 3. The van der Waals surface area contributed by atoms with Crippen LogP contribution in [-0.2, 0) is 9.59 Å². The third-order valence-corrected chi connectivity index (χ3v) is 5.51. The molecule has 138 valence electrons. The van der Waals surface area contributed by atoms with E-state index < -0.39 is 24.3 Å². The van der Waals surface area contributed by atoms with Crippen molar-refractivity contribution in [2.24, 2.45) is 0 Å². The largest absolute Gasteiger partial charge is 0.548 e. The number of hydrogen-bond acceptors (Lipinski definition) is 5. The van der Waals surface area contributed by atoms with Crippen LogP contribution >= 0.6 is 11.3 Å². The maximum atomic E-state index is 12.9. The van der Waals surface area contributed by atoms with E-state index >= 15 is 0 Å². The second kappa shape index (κ2) is 7.25. The summed E-state index contributed by atoms with van der Waals surface area (Å²) in [6.45, 7) is -0.775. The van der Waals surface area contributed by atoms with Gasteiger partial charge >= 0.3 is 0 Å². The van der Waals surface area contributed by atoms with Gasteiger partial charge in [-0.25, -0.2) is 0 Å². The average molecular weight is 388 g/mol. The number of rotatable bonds is 4. The van der Waals surface area contributed by atoms with Crippen LogP contribution in [0.1, 0.15) is 20.8 Å². The molecule has 0 spiro atoms. The van der Waals surface area contributed by atoms with E-state index in [-0.39, 0.29) is 5.57 Å².